The van der Waals surface area contributed by atoms with Crippen LogP contribution in [0.3, 0.4) is 0 Å². The van der Waals surface area contributed by atoms with Gasteiger partial charge in [0.05, 0.1) is 17.7 Å². The van der Waals surface area contributed by atoms with Gasteiger partial charge in [0.25, 0.3) is 0 Å². The van der Waals surface area contributed by atoms with Crippen LogP contribution < -0.4 is 5.32 Å². The van der Waals surface area contributed by atoms with Crippen molar-refractivity contribution in [1.29, 1.82) is 0 Å². The molecule has 0 amide bonds. The molecule has 0 spiro atoms. The van der Waals surface area contributed by atoms with Crippen molar-refractivity contribution in [2.24, 2.45) is 0 Å². The van der Waals surface area contributed by atoms with E-state index in [9.17, 15) is 13.9 Å². The Morgan fingerprint density at radius 2 is 1.85 bits per heavy atom. The third kappa shape index (κ3) is 2.43. The molecule has 1 aromatic carbocycles. The summed E-state index contributed by atoms with van der Waals surface area (Å²) < 4.78 is 26.6. The van der Waals surface area contributed by atoms with Crippen LogP contribution in [0.25, 0.3) is 10.9 Å². The van der Waals surface area contributed by atoms with Gasteiger partial charge in [-0.3, -0.25) is 0 Å². The van der Waals surface area contributed by atoms with Gasteiger partial charge in [-0.2, -0.15) is 0 Å². The van der Waals surface area contributed by atoms with E-state index in [1.54, 1.807) is 0 Å². The van der Waals surface area contributed by atoms with Crippen LogP contribution in [0.4, 0.5) is 14.6 Å². The maximum absolute atomic E-state index is 13.4. The molecular weight excluding hydrogens is 264 g/mol. The molecule has 4 nitrogen and oxygen atoms in total. The summed E-state index contributed by atoms with van der Waals surface area (Å²) in [6.07, 6.45) is 4.46. The third-order valence-corrected chi connectivity index (χ3v) is 3.73. The Balaban J connectivity index is 1.96. The second-order valence-corrected chi connectivity index (χ2v) is 5.11. The van der Waals surface area contributed by atoms with Gasteiger partial charge in [-0.05, 0) is 18.9 Å². The minimum absolute atomic E-state index is 0.116. The highest BCUT2D eigenvalue weighted by atomic mass is 19.2. The van der Waals surface area contributed by atoms with E-state index in [1.807, 2.05) is 0 Å². The van der Waals surface area contributed by atoms with Crippen LogP contribution >= 0.6 is 0 Å². The van der Waals surface area contributed by atoms with Crippen molar-refractivity contribution in [2.75, 3.05) is 5.32 Å². The van der Waals surface area contributed by atoms with Crippen molar-refractivity contribution in [1.82, 2.24) is 9.97 Å². The van der Waals surface area contributed by atoms with Gasteiger partial charge < -0.3 is 10.4 Å². The fourth-order valence-electron chi connectivity index (χ4n) is 2.62. The van der Waals surface area contributed by atoms with E-state index in [1.165, 1.54) is 6.33 Å². The van der Waals surface area contributed by atoms with Crippen LogP contribution in [0, 0.1) is 11.6 Å². The molecule has 0 bridgehead atoms. The molecule has 1 heterocycles. The molecule has 20 heavy (non-hydrogen) atoms. The van der Waals surface area contributed by atoms with Gasteiger partial charge in [-0.15, -0.1) is 0 Å². The molecule has 0 saturated heterocycles. The number of fused-ring (bicyclic) bond motifs is 1. The number of aromatic nitrogens is 2. The molecule has 0 aliphatic heterocycles. The largest absolute Gasteiger partial charge is 0.391 e. The minimum atomic E-state index is -0.931. The molecule has 3 rings (SSSR count). The first-order chi connectivity index (χ1) is 9.65. The highest BCUT2D eigenvalue weighted by molar-refractivity contribution is 5.89. The summed E-state index contributed by atoms with van der Waals surface area (Å²) in [6.45, 7) is 0. The number of halogens is 2. The molecule has 1 aliphatic carbocycles. The Kier molecular flexibility index (Phi) is 3.48. The van der Waals surface area contributed by atoms with Gasteiger partial charge in [0.1, 0.15) is 12.1 Å². The number of aliphatic hydroxyl groups excluding tert-OH is 1. The Morgan fingerprint density at radius 1 is 1.10 bits per heavy atom. The first-order valence-corrected chi connectivity index (χ1v) is 6.69. The van der Waals surface area contributed by atoms with Crippen molar-refractivity contribution in [3.05, 3.63) is 30.1 Å². The van der Waals surface area contributed by atoms with Crippen molar-refractivity contribution in [3.63, 3.8) is 0 Å². The Labute approximate surface area is 114 Å². The zero-order valence-corrected chi connectivity index (χ0v) is 10.8. The van der Waals surface area contributed by atoms with Crippen molar-refractivity contribution >= 4 is 16.7 Å². The third-order valence-electron chi connectivity index (χ3n) is 3.73. The summed E-state index contributed by atoms with van der Waals surface area (Å²) in [5.41, 5.74) is 0.340. The molecule has 1 aromatic heterocycles. The fraction of sp³-hybridized carbons (Fsp3) is 0.429. The van der Waals surface area contributed by atoms with Crippen LogP contribution in [0.15, 0.2) is 18.5 Å². The van der Waals surface area contributed by atoms with Gasteiger partial charge in [0.15, 0.2) is 11.6 Å². The highest BCUT2D eigenvalue weighted by Gasteiger charge is 2.24. The minimum Gasteiger partial charge on any atom is -0.391 e. The second kappa shape index (κ2) is 5.28. The first-order valence-electron chi connectivity index (χ1n) is 6.69. The second-order valence-electron chi connectivity index (χ2n) is 5.11. The van der Waals surface area contributed by atoms with Crippen LogP contribution in [-0.2, 0) is 0 Å². The topological polar surface area (TPSA) is 58.0 Å². The zero-order chi connectivity index (χ0) is 14.1. The molecule has 1 aliphatic rings. The van der Waals surface area contributed by atoms with E-state index in [2.05, 4.69) is 15.3 Å². The molecular formula is C14H15F2N3O. The molecule has 0 unspecified atom stereocenters. The SMILES string of the molecule is O[C@H]1CCCC[C@H]1Nc1ncnc2cc(F)c(F)cc12. The van der Waals surface area contributed by atoms with Gasteiger partial charge in [-0.1, -0.05) is 12.8 Å². The maximum atomic E-state index is 13.4. The first kappa shape index (κ1) is 13.2. The van der Waals surface area contributed by atoms with Crippen molar-refractivity contribution in [2.45, 2.75) is 37.8 Å². The van der Waals surface area contributed by atoms with E-state index in [0.717, 1.165) is 37.8 Å². The maximum Gasteiger partial charge on any atom is 0.161 e. The molecule has 2 aromatic rings. The van der Waals surface area contributed by atoms with E-state index in [4.69, 9.17) is 0 Å². The Hall–Kier alpha value is -1.82. The number of nitrogens with zero attached hydrogens (tertiary/aromatic N) is 2. The lowest BCUT2D eigenvalue weighted by Crippen LogP contribution is -2.36. The summed E-state index contributed by atoms with van der Waals surface area (Å²) in [4.78, 5) is 8.02. The lowest BCUT2D eigenvalue weighted by molar-refractivity contribution is 0.116. The van der Waals surface area contributed by atoms with Crippen LogP contribution in [0.2, 0.25) is 0 Å². The predicted molar refractivity (Wildman–Crippen MR) is 71.3 cm³/mol. The average Bonchev–Trinajstić information content (AvgIpc) is 2.43. The normalized spacial score (nSPS) is 22.9. The van der Waals surface area contributed by atoms with Gasteiger partial charge in [-0.25, -0.2) is 18.7 Å². The summed E-state index contributed by atoms with van der Waals surface area (Å²) >= 11 is 0. The highest BCUT2D eigenvalue weighted by Crippen LogP contribution is 2.26. The number of nitrogens with one attached hydrogen (secondary N) is 1. The lowest BCUT2D eigenvalue weighted by Gasteiger charge is -2.29. The van der Waals surface area contributed by atoms with Gasteiger partial charge in [0.2, 0.25) is 0 Å². The number of aliphatic hydroxyl groups is 1. The number of benzene rings is 1. The summed E-state index contributed by atoms with van der Waals surface area (Å²) in [5, 5.41) is 13.5. The van der Waals surface area contributed by atoms with Gasteiger partial charge in [0, 0.05) is 11.5 Å². The van der Waals surface area contributed by atoms with Crippen molar-refractivity contribution < 1.29 is 13.9 Å². The average molecular weight is 279 g/mol. The molecule has 1 saturated carbocycles. The quantitative estimate of drug-likeness (QED) is 0.887. The Morgan fingerprint density at radius 3 is 2.65 bits per heavy atom. The molecule has 2 N–H and O–H groups in total. The number of hydrogen-bond donors (Lipinski definition) is 2. The van der Waals surface area contributed by atoms with Crippen LogP contribution in [0.1, 0.15) is 25.7 Å². The van der Waals surface area contributed by atoms with E-state index >= 15 is 0 Å². The molecule has 6 heteroatoms. The molecule has 106 valence electrons. The predicted octanol–water partition coefficient (Wildman–Crippen LogP) is 2.62. The van der Waals surface area contributed by atoms with E-state index < -0.39 is 17.7 Å². The number of hydrogen-bond acceptors (Lipinski definition) is 4. The molecule has 0 radical (unpaired) electrons. The summed E-state index contributed by atoms with van der Waals surface area (Å²) in [7, 11) is 0. The molecule has 1 fully saturated rings. The van der Waals surface area contributed by atoms with Gasteiger partial charge >= 0.3 is 0 Å². The summed E-state index contributed by atoms with van der Waals surface area (Å²) in [5.74, 6) is -1.43. The van der Waals surface area contributed by atoms with Crippen molar-refractivity contribution in [3.8, 4) is 0 Å². The van der Waals surface area contributed by atoms with Crippen LogP contribution in [-0.4, -0.2) is 27.2 Å². The smallest absolute Gasteiger partial charge is 0.161 e. The van der Waals surface area contributed by atoms with E-state index in [0.29, 0.717) is 16.7 Å². The lowest BCUT2D eigenvalue weighted by atomic mass is 9.92. The van der Waals surface area contributed by atoms with Crippen LogP contribution in [0.5, 0.6) is 0 Å². The molecule has 2 atom stereocenters. The zero-order valence-electron chi connectivity index (χ0n) is 10.8. The fourth-order valence-corrected chi connectivity index (χ4v) is 2.62. The number of rotatable bonds is 2. The monoisotopic (exact) mass is 279 g/mol. The standard InChI is InChI=1S/C14H15F2N3O/c15-9-5-8-12(6-10(9)16)17-7-18-14(8)19-11-3-1-2-4-13(11)20/h5-7,11,13,20H,1-4H2,(H,17,18,19)/t11-,13+/m1/s1. The summed E-state index contributed by atoms with van der Waals surface area (Å²) in [6, 6.07) is 2.02. The van der Waals surface area contributed by atoms with E-state index in [-0.39, 0.29) is 6.04 Å². The Bertz CT molecular complexity index is 635. The number of anilines is 1.